The zero-order chi connectivity index (χ0) is 10.8. The lowest BCUT2D eigenvalue weighted by molar-refractivity contribution is -0.380. The molecule has 2 rings (SSSR count). The predicted octanol–water partition coefficient (Wildman–Crippen LogP) is 2.20. The lowest BCUT2D eigenvalue weighted by Crippen LogP contribution is -2.09. The summed E-state index contributed by atoms with van der Waals surface area (Å²) in [6, 6.07) is 3.05. The summed E-state index contributed by atoms with van der Waals surface area (Å²) in [5.74, 6) is -0.0256. The van der Waals surface area contributed by atoms with E-state index in [0.717, 1.165) is 11.3 Å². The second kappa shape index (κ2) is 3.82. The molecule has 0 aromatic carbocycles. The molecule has 1 aromatic heterocycles. The first-order chi connectivity index (χ1) is 7.16. The van der Waals surface area contributed by atoms with Gasteiger partial charge in [-0.1, -0.05) is 11.3 Å². The minimum Gasteiger partial charge on any atom is -0.492 e. The Kier molecular flexibility index (Phi) is 2.51. The Morgan fingerprint density at radius 1 is 1.53 bits per heavy atom. The van der Waals surface area contributed by atoms with Crippen LogP contribution < -0.4 is 0 Å². The first-order valence-electron chi connectivity index (χ1n) is 4.26. The molecule has 1 atom stereocenters. The van der Waals surface area contributed by atoms with Gasteiger partial charge in [-0.05, 0) is 6.07 Å². The van der Waals surface area contributed by atoms with Gasteiger partial charge in [-0.2, -0.15) is 0 Å². The summed E-state index contributed by atoms with van der Waals surface area (Å²) in [4.78, 5) is 21.8. The number of thiophene rings is 1. The molecule has 78 valence electrons. The molecule has 0 N–H and O–H groups in total. The van der Waals surface area contributed by atoms with Crippen LogP contribution in [0.4, 0.5) is 5.00 Å². The molecule has 0 saturated carbocycles. The monoisotopic (exact) mass is 225 g/mol. The molecule has 2 heterocycles. The summed E-state index contributed by atoms with van der Waals surface area (Å²) in [5.41, 5.74) is 0. The van der Waals surface area contributed by atoms with E-state index in [1.54, 1.807) is 6.07 Å². The molecule has 0 amide bonds. The van der Waals surface area contributed by atoms with Gasteiger partial charge >= 0.3 is 5.00 Å². The molecule has 0 saturated heterocycles. The van der Waals surface area contributed by atoms with Gasteiger partial charge in [0.15, 0.2) is 5.78 Å². The van der Waals surface area contributed by atoms with Crippen LogP contribution in [0.15, 0.2) is 24.5 Å². The van der Waals surface area contributed by atoms with Crippen LogP contribution in [0.3, 0.4) is 0 Å². The number of hydrogen-bond donors (Lipinski definition) is 0. The van der Waals surface area contributed by atoms with Crippen molar-refractivity contribution in [3.05, 3.63) is 39.5 Å². The van der Waals surface area contributed by atoms with Gasteiger partial charge in [0, 0.05) is 12.1 Å². The summed E-state index contributed by atoms with van der Waals surface area (Å²) < 4.78 is 5.21. The highest BCUT2D eigenvalue weighted by Gasteiger charge is 2.22. The van der Waals surface area contributed by atoms with Crippen molar-refractivity contribution in [1.29, 1.82) is 0 Å². The summed E-state index contributed by atoms with van der Waals surface area (Å²) in [7, 11) is 0. The number of carbonyl (C=O) groups is 1. The van der Waals surface area contributed by atoms with E-state index >= 15 is 0 Å². The van der Waals surface area contributed by atoms with E-state index in [-0.39, 0.29) is 23.3 Å². The van der Waals surface area contributed by atoms with Crippen LogP contribution >= 0.6 is 11.3 Å². The van der Waals surface area contributed by atoms with Crippen LogP contribution in [0, 0.1) is 10.1 Å². The van der Waals surface area contributed by atoms with Crippen molar-refractivity contribution in [2.45, 2.75) is 12.5 Å². The number of ether oxygens (including phenoxy) is 1. The zero-order valence-corrected chi connectivity index (χ0v) is 8.40. The van der Waals surface area contributed by atoms with Crippen LogP contribution in [-0.4, -0.2) is 10.7 Å². The quantitative estimate of drug-likeness (QED) is 0.571. The first kappa shape index (κ1) is 9.85. The number of rotatable bonds is 2. The highest BCUT2D eigenvalue weighted by molar-refractivity contribution is 7.15. The number of nitro groups is 1. The van der Waals surface area contributed by atoms with E-state index in [2.05, 4.69) is 0 Å². The topological polar surface area (TPSA) is 69.4 Å². The fourth-order valence-corrected chi connectivity index (χ4v) is 2.15. The summed E-state index contributed by atoms with van der Waals surface area (Å²) in [6.07, 6.45) is 2.57. The Morgan fingerprint density at radius 3 is 2.93 bits per heavy atom. The lowest BCUT2D eigenvalue weighted by atomic mass is 10.1. The minimum absolute atomic E-state index is 0.0256. The van der Waals surface area contributed by atoms with Crippen molar-refractivity contribution in [2.75, 3.05) is 0 Å². The summed E-state index contributed by atoms with van der Waals surface area (Å²) in [6.45, 7) is 0. The molecule has 1 aliphatic rings. The molecule has 0 bridgehead atoms. The van der Waals surface area contributed by atoms with Crippen LogP contribution in [0.25, 0.3) is 0 Å². The van der Waals surface area contributed by atoms with E-state index in [1.165, 1.54) is 18.4 Å². The van der Waals surface area contributed by atoms with Crippen LogP contribution in [0.5, 0.6) is 0 Å². The predicted molar refractivity (Wildman–Crippen MR) is 53.6 cm³/mol. The number of hydrogen-bond acceptors (Lipinski definition) is 5. The van der Waals surface area contributed by atoms with Crippen LogP contribution in [0.2, 0.25) is 0 Å². The summed E-state index contributed by atoms with van der Waals surface area (Å²) >= 11 is 1.04. The summed E-state index contributed by atoms with van der Waals surface area (Å²) in [5, 5.41) is 10.5. The van der Waals surface area contributed by atoms with Crippen molar-refractivity contribution in [3.63, 3.8) is 0 Å². The number of nitrogens with zero attached hydrogens (tertiary/aromatic N) is 1. The molecule has 15 heavy (non-hydrogen) atoms. The molecule has 0 spiro atoms. The van der Waals surface area contributed by atoms with Crippen molar-refractivity contribution >= 4 is 22.1 Å². The molecule has 1 aliphatic heterocycles. The Labute approximate surface area is 89.1 Å². The van der Waals surface area contributed by atoms with Gasteiger partial charge in [-0.25, -0.2) is 0 Å². The average molecular weight is 225 g/mol. The minimum atomic E-state index is -0.450. The number of carbonyl (C=O) groups excluding carboxylic acids is 1. The first-order valence-corrected chi connectivity index (χ1v) is 5.07. The van der Waals surface area contributed by atoms with E-state index in [1.807, 2.05) is 0 Å². The molecule has 5 nitrogen and oxygen atoms in total. The van der Waals surface area contributed by atoms with Crippen molar-refractivity contribution < 1.29 is 14.5 Å². The molecule has 6 heteroatoms. The third-order valence-electron chi connectivity index (χ3n) is 1.99. The normalized spacial score (nSPS) is 20.0. The van der Waals surface area contributed by atoms with Crippen molar-refractivity contribution in [2.24, 2.45) is 0 Å². The number of ketones is 1. The molecule has 0 unspecified atom stereocenters. The van der Waals surface area contributed by atoms with Gasteiger partial charge in [0.05, 0.1) is 22.5 Å². The average Bonchev–Trinajstić information content (AvgIpc) is 2.66. The molecule has 0 aliphatic carbocycles. The Balaban J connectivity index is 2.19. The fourth-order valence-electron chi connectivity index (χ4n) is 1.29. The Morgan fingerprint density at radius 2 is 2.33 bits per heavy atom. The zero-order valence-electron chi connectivity index (χ0n) is 7.58. The number of allylic oxidation sites excluding steroid dienone is 1. The van der Waals surface area contributed by atoms with Gasteiger partial charge in [-0.15, -0.1) is 0 Å². The maximum atomic E-state index is 11.1. The van der Waals surface area contributed by atoms with Crippen LogP contribution in [-0.2, 0) is 9.53 Å². The third-order valence-corrected chi connectivity index (χ3v) is 3.12. The van der Waals surface area contributed by atoms with E-state index in [0.29, 0.717) is 4.88 Å². The third kappa shape index (κ3) is 2.04. The van der Waals surface area contributed by atoms with Gasteiger partial charge in [-0.3, -0.25) is 14.9 Å². The maximum Gasteiger partial charge on any atom is 0.324 e. The van der Waals surface area contributed by atoms with Gasteiger partial charge in [0.1, 0.15) is 6.10 Å². The molecule has 1 aromatic rings. The molecule has 0 radical (unpaired) electrons. The Hall–Kier alpha value is -1.69. The van der Waals surface area contributed by atoms with Crippen molar-refractivity contribution in [3.8, 4) is 0 Å². The SMILES string of the molecule is O=C1C=CO[C@@H](c2ccc([N+](=O)[O-])s2)C1. The van der Waals surface area contributed by atoms with Crippen molar-refractivity contribution in [1.82, 2.24) is 0 Å². The highest BCUT2D eigenvalue weighted by Crippen LogP contribution is 2.34. The molecular weight excluding hydrogens is 218 g/mol. The highest BCUT2D eigenvalue weighted by atomic mass is 32.1. The second-order valence-electron chi connectivity index (χ2n) is 3.03. The van der Waals surface area contributed by atoms with E-state index < -0.39 is 4.92 Å². The molecular formula is C9H7NO4S. The Bertz CT molecular complexity index is 437. The largest absolute Gasteiger partial charge is 0.492 e. The van der Waals surface area contributed by atoms with Gasteiger partial charge < -0.3 is 4.74 Å². The molecule has 0 fully saturated rings. The standard InChI is InChI=1S/C9H7NO4S/c11-6-3-4-14-7(5-6)8-1-2-9(15-8)10(12)13/h1-4,7H,5H2/t7-/m1/s1. The van der Waals surface area contributed by atoms with Crippen LogP contribution in [0.1, 0.15) is 17.4 Å². The maximum absolute atomic E-state index is 11.1. The van der Waals surface area contributed by atoms with Gasteiger partial charge in [0.2, 0.25) is 0 Å². The van der Waals surface area contributed by atoms with E-state index in [9.17, 15) is 14.9 Å². The lowest BCUT2D eigenvalue weighted by Gasteiger charge is -2.16. The second-order valence-corrected chi connectivity index (χ2v) is 4.12. The van der Waals surface area contributed by atoms with Gasteiger partial charge in [0.25, 0.3) is 0 Å². The fraction of sp³-hybridized carbons (Fsp3) is 0.222. The van der Waals surface area contributed by atoms with E-state index in [4.69, 9.17) is 4.74 Å². The smallest absolute Gasteiger partial charge is 0.324 e.